The molecule has 0 aliphatic carbocycles. The molecule has 0 unspecified atom stereocenters. The summed E-state index contributed by atoms with van der Waals surface area (Å²) >= 11 is 0. The van der Waals surface area contributed by atoms with Crippen molar-refractivity contribution < 1.29 is 28.5 Å². The highest BCUT2D eigenvalue weighted by Crippen LogP contribution is 2.20. The van der Waals surface area contributed by atoms with Gasteiger partial charge in [0, 0.05) is 25.5 Å². The predicted octanol–water partition coefficient (Wildman–Crippen LogP) is 15.0. The molecule has 8 nitrogen and oxygen atoms in total. The van der Waals surface area contributed by atoms with Gasteiger partial charge >= 0.3 is 11.9 Å². The molecular weight excluding hydrogens is 797 g/mol. The third kappa shape index (κ3) is 22.9. The Morgan fingerprint density at radius 3 is 1.02 bits per heavy atom. The van der Waals surface area contributed by atoms with Gasteiger partial charge in [0.25, 0.3) is 0 Å². The van der Waals surface area contributed by atoms with Gasteiger partial charge < -0.3 is 18.9 Å². The molecule has 0 saturated carbocycles. The Kier molecular flexibility index (Phi) is 26.7. The molecule has 0 saturated heterocycles. The van der Waals surface area contributed by atoms with E-state index in [2.05, 4.69) is 23.8 Å². The van der Waals surface area contributed by atoms with Gasteiger partial charge in [0.1, 0.15) is 23.0 Å². The van der Waals surface area contributed by atoms with E-state index in [9.17, 15) is 9.59 Å². The molecule has 4 rings (SSSR count). The van der Waals surface area contributed by atoms with Gasteiger partial charge in [0.2, 0.25) is 0 Å². The van der Waals surface area contributed by atoms with E-state index in [4.69, 9.17) is 18.9 Å². The van der Waals surface area contributed by atoms with Crippen molar-refractivity contribution in [3.8, 4) is 23.0 Å². The number of carbonyl (C=O) groups is 2. The Bertz CT molecular complexity index is 1730. The van der Waals surface area contributed by atoms with Crippen molar-refractivity contribution in [3.05, 3.63) is 119 Å². The smallest absolute Gasteiger partial charge is 0.343 e. The average Bonchev–Trinajstić information content (AvgIpc) is 3.32. The van der Waals surface area contributed by atoms with Crippen LogP contribution in [0, 0.1) is 0 Å². The summed E-state index contributed by atoms with van der Waals surface area (Å²) in [5, 5.41) is 0. The average molecular weight is 873 g/mol. The van der Waals surface area contributed by atoms with Crippen LogP contribution >= 0.6 is 0 Å². The highest BCUT2D eigenvalue weighted by Gasteiger charge is 2.11. The maximum atomic E-state index is 12.7. The number of benzene rings is 4. The minimum Gasteiger partial charge on any atom is -0.494 e. The van der Waals surface area contributed by atoms with E-state index in [0.29, 0.717) is 35.8 Å². The van der Waals surface area contributed by atoms with Gasteiger partial charge in [-0.25, -0.2) is 9.59 Å². The summed E-state index contributed by atoms with van der Waals surface area (Å²) in [7, 11) is 0. The van der Waals surface area contributed by atoms with Crippen LogP contribution in [-0.4, -0.2) is 50.7 Å². The fraction of sp³-hybridized carbons (Fsp3) is 0.500. The Labute approximate surface area is 385 Å². The summed E-state index contributed by atoms with van der Waals surface area (Å²) < 4.78 is 22.9. The van der Waals surface area contributed by atoms with Crippen LogP contribution in [0.2, 0.25) is 0 Å². The maximum absolute atomic E-state index is 12.7. The molecule has 8 heteroatoms. The molecule has 0 N–H and O–H groups in total. The zero-order valence-corrected chi connectivity index (χ0v) is 39.1. The number of aliphatic imine (C=N–C) groups is 2. The second-order valence-electron chi connectivity index (χ2n) is 16.8. The summed E-state index contributed by atoms with van der Waals surface area (Å²) in [6.07, 6.45) is 30.8. The SMILES string of the molecule is CCCCCCCCCCOc1ccc(C(=O)Oc2ccc(C=NCCCCCCCCN=Cc3ccc(OC(=O)c4ccc(OCCCCCCCCCC)cc4)cc3)cc2)cc1. The molecule has 346 valence electrons. The third-order valence-corrected chi connectivity index (χ3v) is 11.2. The van der Waals surface area contributed by atoms with E-state index in [1.807, 2.05) is 61.0 Å². The van der Waals surface area contributed by atoms with E-state index < -0.39 is 0 Å². The highest BCUT2D eigenvalue weighted by atomic mass is 16.5. The first kappa shape index (κ1) is 51.4. The zero-order valence-electron chi connectivity index (χ0n) is 39.1. The molecule has 4 aromatic carbocycles. The summed E-state index contributed by atoms with van der Waals surface area (Å²) in [6, 6.07) is 29.2. The first-order valence-corrected chi connectivity index (χ1v) is 24.6. The summed E-state index contributed by atoms with van der Waals surface area (Å²) in [5.74, 6) is 1.78. The Morgan fingerprint density at radius 2 is 0.672 bits per heavy atom. The zero-order chi connectivity index (χ0) is 45.1. The van der Waals surface area contributed by atoms with Crippen molar-refractivity contribution in [1.29, 1.82) is 0 Å². The van der Waals surface area contributed by atoms with Crippen LogP contribution < -0.4 is 18.9 Å². The molecule has 0 amide bonds. The van der Waals surface area contributed by atoms with E-state index in [-0.39, 0.29) is 11.9 Å². The Balaban J connectivity index is 0.976. The van der Waals surface area contributed by atoms with Crippen molar-refractivity contribution >= 4 is 24.4 Å². The molecule has 0 aliphatic rings. The lowest BCUT2D eigenvalue weighted by Gasteiger charge is -2.08. The van der Waals surface area contributed by atoms with Gasteiger partial charge in [-0.05, 0) is 134 Å². The van der Waals surface area contributed by atoms with Crippen LogP contribution in [0.5, 0.6) is 23.0 Å². The van der Waals surface area contributed by atoms with Crippen molar-refractivity contribution in [2.24, 2.45) is 9.98 Å². The number of hydrogen-bond acceptors (Lipinski definition) is 8. The molecule has 0 fully saturated rings. The monoisotopic (exact) mass is 873 g/mol. The Morgan fingerprint density at radius 1 is 0.375 bits per heavy atom. The van der Waals surface area contributed by atoms with Crippen LogP contribution in [0.4, 0.5) is 0 Å². The molecule has 0 spiro atoms. The van der Waals surface area contributed by atoms with E-state index in [0.717, 1.165) is 74.2 Å². The highest BCUT2D eigenvalue weighted by molar-refractivity contribution is 5.92. The Hall–Kier alpha value is -5.24. The molecule has 0 heterocycles. The quantitative estimate of drug-likeness (QED) is 0.0198. The molecule has 64 heavy (non-hydrogen) atoms. The standard InChI is InChI=1S/C56H76N2O6/c1-3-5-7-9-11-15-19-23-43-61-51-37-29-49(30-38-51)55(59)63-53-33-25-47(26-34-53)45-57-41-21-17-13-14-18-22-42-58-46-48-27-35-54(36-28-48)64-56(60)50-31-39-52(40-32-50)62-44-24-20-16-12-10-8-6-4-2/h25-40,45-46H,3-24,41-44H2,1-2H3. The molecule has 0 radical (unpaired) electrons. The molecule has 0 aliphatic heterocycles. The number of rotatable bonds is 35. The minimum atomic E-state index is -0.388. The largest absolute Gasteiger partial charge is 0.494 e. The van der Waals surface area contributed by atoms with E-state index in [1.54, 1.807) is 48.5 Å². The molecular formula is C56H76N2O6. The second kappa shape index (κ2) is 33.3. The van der Waals surface area contributed by atoms with Crippen molar-refractivity contribution in [3.63, 3.8) is 0 Å². The summed E-state index contributed by atoms with van der Waals surface area (Å²) in [6.45, 7) is 7.47. The van der Waals surface area contributed by atoms with Crippen molar-refractivity contribution in [2.45, 2.75) is 155 Å². The number of nitrogens with zero attached hydrogens (tertiary/aromatic N) is 2. The lowest BCUT2D eigenvalue weighted by molar-refractivity contribution is 0.0725. The van der Waals surface area contributed by atoms with Crippen LogP contribution in [0.3, 0.4) is 0 Å². The van der Waals surface area contributed by atoms with Crippen molar-refractivity contribution in [2.75, 3.05) is 26.3 Å². The lowest BCUT2D eigenvalue weighted by Crippen LogP contribution is -2.08. The third-order valence-electron chi connectivity index (χ3n) is 11.2. The molecule has 0 atom stereocenters. The fourth-order valence-corrected chi connectivity index (χ4v) is 7.26. The minimum absolute atomic E-state index is 0.388. The van der Waals surface area contributed by atoms with E-state index in [1.165, 1.54) is 103 Å². The topological polar surface area (TPSA) is 95.8 Å². The fourth-order valence-electron chi connectivity index (χ4n) is 7.26. The lowest BCUT2D eigenvalue weighted by atomic mass is 10.1. The van der Waals surface area contributed by atoms with Gasteiger partial charge in [-0.2, -0.15) is 0 Å². The first-order valence-electron chi connectivity index (χ1n) is 24.6. The number of unbranched alkanes of at least 4 members (excludes halogenated alkanes) is 19. The van der Waals surface area contributed by atoms with Crippen LogP contribution in [-0.2, 0) is 0 Å². The summed E-state index contributed by atoms with van der Waals surface area (Å²) in [5.41, 5.74) is 2.94. The number of esters is 2. The maximum Gasteiger partial charge on any atom is 0.343 e. The molecule has 4 aromatic rings. The molecule has 0 aromatic heterocycles. The van der Waals surface area contributed by atoms with Gasteiger partial charge in [-0.15, -0.1) is 0 Å². The predicted molar refractivity (Wildman–Crippen MR) is 265 cm³/mol. The van der Waals surface area contributed by atoms with Crippen LogP contribution in [0.25, 0.3) is 0 Å². The number of hydrogen-bond donors (Lipinski definition) is 0. The van der Waals surface area contributed by atoms with Crippen LogP contribution in [0.15, 0.2) is 107 Å². The van der Waals surface area contributed by atoms with Gasteiger partial charge in [-0.3, -0.25) is 9.98 Å². The van der Waals surface area contributed by atoms with E-state index >= 15 is 0 Å². The van der Waals surface area contributed by atoms with Gasteiger partial charge in [-0.1, -0.05) is 129 Å². The normalized spacial score (nSPS) is 11.3. The first-order chi connectivity index (χ1) is 31.5. The number of ether oxygens (including phenoxy) is 4. The molecule has 0 bridgehead atoms. The van der Waals surface area contributed by atoms with Gasteiger partial charge in [0.15, 0.2) is 0 Å². The summed E-state index contributed by atoms with van der Waals surface area (Å²) in [4.78, 5) is 34.5. The van der Waals surface area contributed by atoms with Gasteiger partial charge in [0.05, 0.1) is 24.3 Å². The van der Waals surface area contributed by atoms with Crippen molar-refractivity contribution in [1.82, 2.24) is 0 Å². The second-order valence-corrected chi connectivity index (χ2v) is 16.8. The number of carbonyl (C=O) groups excluding carboxylic acids is 2. The van der Waals surface area contributed by atoms with Crippen LogP contribution in [0.1, 0.15) is 187 Å².